The van der Waals surface area contributed by atoms with E-state index in [1.54, 1.807) is 0 Å². The molecular formula is C17H22N2O. The summed E-state index contributed by atoms with van der Waals surface area (Å²) in [5.74, 6) is 0.0748. The first-order valence-electron chi connectivity index (χ1n) is 7.13. The molecule has 0 bridgehead atoms. The maximum Gasteiger partial charge on any atom is 0.224 e. The Morgan fingerprint density at radius 2 is 1.80 bits per heavy atom. The number of fused-ring (bicyclic) bond motifs is 1. The zero-order chi connectivity index (χ0) is 14.4. The van der Waals surface area contributed by atoms with Crippen LogP contribution in [-0.4, -0.2) is 25.0 Å². The summed E-state index contributed by atoms with van der Waals surface area (Å²) in [6, 6.07) is 14.8. The van der Waals surface area contributed by atoms with Gasteiger partial charge in [-0.1, -0.05) is 56.3 Å². The Bertz CT molecular complexity index is 578. The fourth-order valence-electron chi connectivity index (χ4n) is 2.16. The van der Waals surface area contributed by atoms with Crippen molar-refractivity contribution in [3.05, 3.63) is 48.0 Å². The number of hydrogen-bond acceptors (Lipinski definition) is 2. The quantitative estimate of drug-likeness (QED) is 0.792. The summed E-state index contributed by atoms with van der Waals surface area (Å²) < 4.78 is 0. The van der Waals surface area contributed by atoms with Crippen LogP contribution in [0.4, 0.5) is 0 Å². The molecule has 2 aromatic carbocycles. The second-order valence-corrected chi connectivity index (χ2v) is 5.32. The first-order valence-corrected chi connectivity index (χ1v) is 7.13. The van der Waals surface area contributed by atoms with E-state index in [1.807, 2.05) is 18.2 Å². The zero-order valence-corrected chi connectivity index (χ0v) is 12.1. The van der Waals surface area contributed by atoms with Gasteiger partial charge in [-0.15, -0.1) is 0 Å². The second-order valence-electron chi connectivity index (χ2n) is 5.32. The summed E-state index contributed by atoms with van der Waals surface area (Å²) in [5, 5.41) is 8.59. The highest BCUT2D eigenvalue weighted by Gasteiger charge is 2.03. The van der Waals surface area contributed by atoms with Crippen LogP contribution in [0.3, 0.4) is 0 Å². The van der Waals surface area contributed by atoms with E-state index >= 15 is 0 Å². The minimum absolute atomic E-state index is 0.0748. The highest BCUT2D eigenvalue weighted by atomic mass is 16.1. The zero-order valence-electron chi connectivity index (χ0n) is 12.1. The lowest BCUT2D eigenvalue weighted by Crippen LogP contribution is -2.35. The highest BCUT2D eigenvalue weighted by Crippen LogP contribution is 2.15. The number of carbonyl (C=O) groups is 1. The normalized spacial score (nSPS) is 10.9. The van der Waals surface area contributed by atoms with Crippen LogP contribution in [0, 0.1) is 0 Å². The molecule has 0 saturated carbocycles. The van der Waals surface area contributed by atoms with Gasteiger partial charge in [0, 0.05) is 19.1 Å². The fraction of sp³-hybridized carbons (Fsp3) is 0.353. The lowest BCUT2D eigenvalue weighted by Gasteiger charge is -2.09. The van der Waals surface area contributed by atoms with Crippen LogP contribution in [0.1, 0.15) is 19.4 Å². The van der Waals surface area contributed by atoms with E-state index in [0.717, 1.165) is 12.1 Å². The van der Waals surface area contributed by atoms with Crippen molar-refractivity contribution in [2.45, 2.75) is 26.3 Å². The van der Waals surface area contributed by atoms with Gasteiger partial charge in [-0.25, -0.2) is 0 Å². The molecule has 0 aromatic heterocycles. The van der Waals surface area contributed by atoms with Crippen LogP contribution in [0.25, 0.3) is 10.8 Å². The SMILES string of the molecule is CC(C)NCCNC(=O)Cc1ccc2ccccc2c1. The molecule has 3 nitrogen and oxygen atoms in total. The summed E-state index contributed by atoms with van der Waals surface area (Å²) in [5.41, 5.74) is 1.05. The van der Waals surface area contributed by atoms with Crippen LogP contribution in [0.5, 0.6) is 0 Å². The first kappa shape index (κ1) is 14.5. The van der Waals surface area contributed by atoms with Gasteiger partial charge < -0.3 is 10.6 Å². The number of carbonyl (C=O) groups excluding carboxylic acids is 1. The third-order valence-corrected chi connectivity index (χ3v) is 3.18. The number of benzene rings is 2. The van der Waals surface area contributed by atoms with Gasteiger partial charge in [0.05, 0.1) is 6.42 Å². The van der Waals surface area contributed by atoms with E-state index in [0.29, 0.717) is 19.0 Å². The van der Waals surface area contributed by atoms with Crippen molar-refractivity contribution in [3.8, 4) is 0 Å². The molecule has 106 valence electrons. The fourth-order valence-corrected chi connectivity index (χ4v) is 2.16. The summed E-state index contributed by atoms with van der Waals surface area (Å²) in [6.45, 7) is 5.67. The molecule has 2 rings (SSSR count). The Morgan fingerprint density at radius 1 is 1.05 bits per heavy atom. The molecule has 0 saturated heterocycles. The molecule has 0 unspecified atom stereocenters. The lowest BCUT2D eigenvalue weighted by atomic mass is 10.1. The molecular weight excluding hydrogens is 248 g/mol. The van der Waals surface area contributed by atoms with E-state index in [-0.39, 0.29) is 5.91 Å². The molecule has 2 N–H and O–H groups in total. The van der Waals surface area contributed by atoms with Gasteiger partial charge in [-0.2, -0.15) is 0 Å². The summed E-state index contributed by atoms with van der Waals surface area (Å²) in [6.07, 6.45) is 0.437. The molecule has 0 aliphatic rings. The van der Waals surface area contributed by atoms with Gasteiger partial charge in [0.15, 0.2) is 0 Å². The topological polar surface area (TPSA) is 41.1 Å². The predicted molar refractivity (Wildman–Crippen MR) is 83.8 cm³/mol. The van der Waals surface area contributed by atoms with Crippen LogP contribution in [-0.2, 0) is 11.2 Å². The summed E-state index contributed by atoms with van der Waals surface area (Å²) in [4.78, 5) is 11.9. The van der Waals surface area contributed by atoms with Gasteiger partial charge in [0.2, 0.25) is 5.91 Å². The Kier molecular flexibility index (Phi) is 5.13. The van der Waals surface area contributed by atoms with Gasteiger partial charge in [-0.3, -0.25) is 4.79 Å². The Balaban J connectivity index is 1.86. The van der Waals surface area contributed by atoms with Gasteiger partial charge in [-0.05, 0) is 16.3 Å². The van der Waals surface area contributed by atoms with E-state index in [2.05, 4.69) is 48.7 Å². The monoisotopic (exact) mass is 270 g/mol. The second kappa shape index (κ2) is 7.06. The van der Waals surface area contributed by atoms with Crippen molar-refractivity contribution in [2.75, 3.05) is 13.1 Å². The minimum atomic E-state index is 0.0748. The Morgan fingerprint density at radius 3 is 2.55 bits per heavy atom. The predicted octanol–water partition coefficient (Wildman–Crippen LogP) is 2.50. The van der Waals surface area contributed by atoms with Crippen molar-refractivity contribution in [1.82, 2.24) is 10.6 Å². The number of amides is 1. The van der Waals surface area contributed by atoms with Crippen LogP contribution >= 0.6 is 0 Å². The molecule has 20 heavy (non-hydrogen) atoms. The molecule has 0 aliphatic carbocycles. The maximum absolute atomic E-state index is 11.9. The molecule has 0 atom stereocenters. The summed E-state index contributed by atoms with van der Waals surface area (Å²) in [7, 11) is 0. The van der Waals surface area contributed by atoms with Gasteiger partial charge in [0.25, 0.3) is 0 Å². The van der Waals surface area contributed by atoms with E-state index in [4.69, 9.17) is 0 Å². The molecule has 0 aliphatic heterocycles. The molecule has 2 aromatic rings. The highest BCUT2D eigenvalue weighted by molar-refractivity contribution is 5.85. The smallest absolute Gasteiger partial charge is 0.224 e. The van der Waals surface area contributed by atoms with Crippen LogP contribution in [0.15, 0.2) is 42.5 Å². The third-order valence-electron chi connectivity index (χ3n) is 3.18. The maximum atomic E-state index is 11.9. The average Bonchev–Trinajstić information content (AvgIpc) is 2.43. The molecule has 0 radical (unpaired) electrons. The Hall–Kier alpha value is -1.87. The number of nitrogens with one attached hydrogen (secondary N) is 2. The van der Waals surface area contributed by atoms with E-state index < -0.39 is 0 Å². The molecule has 1 amide bonds. The van der Waals surface area contributed by atoms with Crippen molar-refractivity contribution in [2.24, 2.45) is 0 Å². The minimum Gasteiger partial charge on any atom is -0.355 e. The van der Waals surface area contributed by atoms with Crippen molar-refractivity contribution in [3.63, 3.8) is 0 Å². The third kappa shape index (κ3) is 4.35. The lowest BCUT2D eigenvalue weighted by molar-refractivity contribution is -0.120. The van der Waals surface area contributed by atoms with Crippen LogP contribution < -0.4 is 10.6 Å². The van der Waals surface area contributed by atoms with Gasteiger partial charge >= 0.3 is 0 Å². The molecule has 3 heteroatoms. The van der Waals surface area contributed by atoms with Crippen molar-refractivity contribution in [1.29, 1.82) is 0 Å². The van der Waals surface area contributed by atoms with E-state index in [1.165, 1.54) is 10.8 Å². The standard InChI is InChI=1S/C17H22N2O/c1-13(2)18-9-10-19-17(20)12-14-7-8-15-5-3-4-6-16(15)11-14/h3-8,11,13,18H,9-10,12H2,1-2H3,(H,19,20). The molecule has 0 heterocycles. The van der Waals surface area contributed by atoms with Crippen LogP contribution in [0.2, 0.25) is 0 Å². The molecule has 0 fully saturated rings. The average molecular weight is 270 g/mol. The Labute approximate surface area is 120 Å². The van der Waals surface area contributed by atoms with Crippen molar-refractivity contribution < 1.29 is 4.79 Å². The molecule has 0 spiro atoms. The van der Waals surface area contributed by atoms with E-state index in [9.17, 15) is 4.79 Å². The van der Waals surface area contributed by atoms with Gasteiger partial charge in [0.1, 0.15) is 0 Å². The largest absolute Gasteiger partial charge is 0.355 e. The first-order chi connectivity index (χ1) is 9.65. The number of hydrogen-bond donors (Lipinski definition) is 2. The van der Waals surface area contributed by atoms with Crippen molar-refractivity contribution >= 4 is 16.7 Å². The number of rotatable bonds is 6. The summed E-state index contributed by atoms with van der Waals surface area (Å²) >= 11 is 0.